The van der Waals surface area contributed by atoms with Crippen LogP contribution in [0.15, 0.2) is 60.7 Å². The molecule has 15 nitrogen and oxygen atoms in total. The van der Waals surface area contributed by atoms with Crippen molar-refractivity contribution in [2.45, 2.75) is 20.8 Å². The average molecular weight is 700 g/mol. The zero-order chi connectivity index (χ0) is 36.0. The fraction of sp³-hybridized carbons (Fsp3) is 0.500. The lowest BCUT2D eigenvalue weighted by molar-refractivity contribution is -0.146. The van der Waals surface area contributed by atoms with Crippen molar-refractivity contribution in [1.29, 1.82) is 0 Å². The minimum Gasteiger partial charge on any atom is -0.460 e. The number of hydrogen-bond donors (Lipinski definition) is 2. The van der Waals surface area contributed by atoms with Crippen molar-refractivity contribution in [3.05, 3.63) is 66.3 Å². The Balaban J connectivity index is 2.86. The SMILES string of the molecule is C=C(C)C(=O)OCCOCC(COCCOC(=O)C(=C)C)(COCCOC(=O)C(=C)C)COCCOC(=O)c1ccc(NS(=O)O)cc1. The molecule has 0 aromatic heterocycles. The van der Waals surface area contributed by atoms with Gasteiger partial charge in [0.25, 0.3) is 11.3 Å². The zero-order valence-corrected chi connectivity index (χ0v) is 28.4. The Hall–Kier alpha value is -3.93. The van der Waals surface area contributed by atoms with E-state index in [0.29, 0.717) is 5.69 Å². The molecule has 1 atom stereocenters. The van der Waals surface area contributed by atoms with E-state index in [2.05, 4.69) is 24.5 Å². The Morgan fingerprint density at radius 2 is 0.958 bits per heavy atom. The lowest BCUT2D eigenvalue weighted by atomic mass is 9.92. The molecule has 2 N–H and O–H groups in total. The van der Waals surface area contributed by atoms with Crippen molar-refractivity contribution in [2.75, 3.05) is 84.0 Å². The molecule has 0 aliphatic carbocycles. The normalized spacial score (nSPS) is 11.6. The topological polar surface area (TPSA) is 191 Å². The number of nitrogens with one attached hydrogen (secondary N) is 1. The van der Waals surface area contributed by atoms with Gasteiger partial charge in [-0.2, -0.15) is 0 Å². The number of esters is 4. The summed E-state index contributed by atoms with van der Waals surface area (Å²) in [7, 11) is 0. The summed E-state index contributed by atoms with van der Waals surface area (Å²) in [5, 5.41) is 0. The third kappa shape index (κ3) is 18.4. The molecule has 0 amide bonds. The van der Waals surface area contributed by atoms with E-state index in [4.69, 9.17) is 42.4 Å². The summed E-state index contributed by atoms with van der Waals surface area (Å²) in [6, 6.07) is 5.77. The molecule has 0 aliphatic rings. The first-order valence-corrected chi connectivity index (χ1v) is 15.8. The molecule has 0 saturated heterocycles. The summed E-state index contributed by atoms with van der Waals surface area (Å²) < 4.78 is 65.8. The lowest BCUT2D eigenvalue weighted by Crippen LogP contribution is -2.43. The van der Waals surface area contributed by atoms with Crippen molar-refractivity contribution < 1.29 is 65.8 Å². The maximum atomic E-state index is 12.4. The van der Waals surface area contributed by atoms with E-state index >= 15 is 0 Å². The Morgan fingerprint density at radius 1 is 0.625 bits per heavy atom. The molecule has 48 heavy (non-hydrogen) atoms. The Bertz CT molecular complexity index is 1180. The standard InChI is InChI=1S/C32H45NO14S/c1-23(2)28(34)44-15-11-40-19-32(20-41-12-16-45-29(35)24(3)4,21-42-13-17-46-30(36)25(5)6)22-43-14-18-47-31(37)26-7-9-27(10-8-26)33-48(38)39/h7-10,33H,1,3,5,11-22H2,2,4,6H3,(H,38,39). The van der Waals surface area contributed by atoms with Crippen LogP contribution in [-0.2, 0) is 63.5 Å². The van der Waals surface area contributed by atoms with Gasteiger partial charge in [-0.3, -0.25) is 9.27 Å². The van der Waals surface area contributed by atoms with Crippen LogP contribution in [0.2, 0.25) is 0 Å². The largest absolute Gasteiger partial charge is 0.460 e. The number of anilines is 1. The van der Waals surface area contributed by atoms with Crippen LogP contribution in [-0.4, -0.2) is 112 Å². The third-order valence-electron chi connectivity index (χ3n) is 5.85. The molecule has 268 valence electrons. The van der Waals surface area contributed by atoms with Gasteiger partial charge in [0.15, 0.2) is 0 Å². The van der Waals surface area contributed by atoms with Crippen LogP contribution in [0.5, 0.6) is 0 Å². The van der Waals surface area contributed by atoms with Gasteiger partial charge in [0.05, 0.1) is 63.8 Å². The number of benzene rings is 1. The molecule has 0 spiro atoms. The van der Waals surface area contributed by atoms with Gasteiger partial charge in [-0.15, -0.1) is 0 Å². The number of carbonyl (C=O) groups excluding carboxylic acids is 4. The maximum absolute atomic E-state index is 12.4. The minimum atomic E-state index is -2.25. The predicted octanol–water partition coefficient (Wildman–Crippen LogP) is 2.80. The molecular formula is C32H45NO14S. The average Bonchev–Trinajstić information content (AvgIpc) is 3.03. The highest BCUT2D eigenvalue weighted by molar-refractivity contribution is 7.80. The highest BCUT2D eigenvalue weighted by atomic mass is 32.2. The summed E-state index contributed by atoms with van der Waals surface area (Å²) in [6.45, 7) is 15.0. The van der Waals surface area contributed by atoms with Crippen molar-refractivity contribution in [3.8, 4) is 0 Å². The predicted molar refractivity (Wildman–Crippen MR) is 174 cm³/mol. The van der Waals surface area contributed by atoms with Crippen LogP contribution in [0.3, 0.4) is 0 Å². The van der Waals surface area contributed by atoms with E-state index < -0.39 is 40.6 Å². The second-order valence-electron chi connectivity index (χ2n) is 10.5. The first-order valence-electron chi connectivity index (χ1n) is 14.7. The first-order chi connectivity index (χ1) is 22.8. The van der Waals surface area contributed by atoms with E-state index in [1.165, 1.54) is 45.0 Å². The molecule has 0 bridgehead atoms. The van der Waals surface area contributed by atoms with Crippen molar-refractivity contribution in [3.63, 3.8) is 0 Å². The van der Waals surface area contributed by atoms with E-state index in [0.717, 1.165) is 0 Å². The second kappa shape index (κ2) is 23.4. The first kappa shape index (κ1) is 42.1. The smallest absolute Gasteiger partial charge is 0.338 e. The molecule has 1 aromatic carbocycles. The maximum Gasteiger partial charge on any atom is 0.338 e. The van der Waals surface area contributed by atoms with Gasteiger partial charge in [-0.25, -0.2) is 23.4 Å². The fourth-order valence-electron chi connectivity index (χ4n) is 3.41. The number of hydrogen-bond acceptors (Lipinski definition) is 13. The molecule has 0 saturated carbocycles. The van der Waals surface area contributed by atoms with Crippen LogP contribution in [0.25, 0.3) is 0 Å². The number of ether oxygens (including phenoxy) is 8. The Kier molecular flexibility index (Phi) is 20.5. The molecular weight excluding hydrogens is 654 g/mol. The van der Waals surface area contributed by atoms with Gasteiger partial charge in [0.1, 0.15) is 26.4 Å². The summed E-state index contributed by atoms with van der Waals surface area (Å²) in [4.78, 5) is 47.5. The Labute approximate surface area is 282 Å². The molecule has 0 radical (unpaired) electrons. The Morgan fingerprint density at radius 3 is 1.27 bits per heavy atom. The summed E-state index contributed by atoms with van der Waals surface area (Å²) in [5.74, 6) is -2.30. The molecule has 1 rings (SSSR count). The van der Waals surface area contributed by atoms with E-state index in [1.54, 1.807) is 0 Å². The zero-order valence-electron chi connectivity index (χ0n) is 27.6. The van der Waals surface area contributed by atoms with Gasteiger partial charge >= 0.3 is 23.9 Å². The quantitative estimate of drug-likeness (QED) is 0.0472. The number of rotatable bonds is 26. The molecule has 0 heterocycles. The molecule has 1 unspecified atom stereocenters. The van der Waals surface area contributed by atoms with Crippen LogP contribution < -0.4 is 4.72 Å². The van der Waals surface area contributed by atoms with Crippen LogP contribution in [0.4, 0.5) is 5.69 Å². The fourth-order valence-corrected chi connectivity index (χ4v) is 3.74. The van der Waals surface area contributed by atoms with Gasteiger partial charge in [-0.1, -0.05) is 19.7 Å². The number of carbonyl (C=O) groups is 4. The highest BCUT2D eigenvalue weighted by Crippen LogP contribution is 2.21. The van der Waals surface area contributed by atoms with Gasteiger partial charge in [-0.05, 0) is 45.0 Å². The molecule has 16 heteroatoms. The molecule has 1 aromatic rings. The second-order valence-corrected chi connectivity index (χ2v) is 11.2. The monoisotopic (exact) mass is 699 g/mol. The van der Waals surface area contributed by atoms with Crippen molar-refractivity contribution >= 4 is 40.8 Å². The highest BCUT2D eigenvalue weighted by Gasteiger charge is 2.33. The minimum absolute atomic E-state index is 0.00747. The molecule has 0 aliphatic heterocycles. The van der Waals surface area contributed by atoms with Crippen molar-refractivity contribution in [2.24, 2.45) is 5.41 Å². The summed E-state index contributed by atoms with van der Waals surface area (Å²) in [6.07, 6.45) is 0. The lowest BCUT2D eigenvalue weighted by Gasteiger charge is -2.33. The van der Waals surface area contributed by atoms with Gasteiger partial charge in [0.2, 0.25) is 0 Å². The summed E-state index contributed by atoms with van der Waals surface area (Å²) >= 11 is -2.25. The third-order valence-corrected chi connectivity index (χ3v) is 6.26. The summed E-state index contributed by atoms with van der Waals surface area (Å²) in [5.41, 5.74) is 0.334. The molecule has 0 fully saturated rings. The van der Waals surface area contributed by atoms with E-state index in [-0.39, 0.29) is 102 Å². The van der Waals surface area contributed by atoms with Crippen LogP contribution >= 0.6 is 0 Å². The van der Waals surface area contributed by atoms with Crippen molar-refractivity contribution in [1.82, 2.24) is 0 Å². The van der Waals surface area contributed by atoms with E-state index in [1.807, 2.05) is 0 Å². The van der Waals surface area contributed by atoms with Crippen LogP contribution in [0, 0.1) is 5.41 Å². The van der Waals surface area contributed by atoms with E-state index in [9.17, 15) is 23.4 Å². The van der Waals surface area contributed by atoms with Gasteiger partial charge < -0.3 is 37.9 Å². The van der Waals surface area contributed by atoms with Crippen LogP contribution in [0.1, 0.15) is 31.1 Å². The van der Waals surface area contributed by atoms with Gasteiger partial charge in [0, 0.05) is 22.4 Å².